The van der Waals surface area contributed by atoms with E-state index in [2.05, 4.69) is 20.1 Å². The lowest BCUT2D eigenvalue weighted by Gasteiger charge is -2.34. The van der Waals surface area contributed by atoms with E-state index < -0.39 is 0 Å². The van der Waals surface area contributed by atoms with Gasteiger partial charge in [0.1, 0.15) is 5.82 Å². The Morgan fingerprint density at radius 1 is 1.04 bits per heavy atom. The molecule has 1 saturated carbocycles. The Hall–Kier alpha value is -1.82. The monoisotopic (exact) mass is 358 g/mol. The third kappa shape index (κ3) is 3.95. The van der Waals surface area contributed by atoms with E-state index in [0.29, 0.717) is 12.0 Å². The molecule has 0 bridgehead atoms. The van der Waals surface area contributed by atoms with E-state index in [4.69, 9.17) is 4.74 Å². The molecule has 142 valence electrons. The Kier molecular flexibility index (Phi) is 5.58. The molecule has 0 radical (unpaired) electrons. The molecule has 3 fully saturated rings. The average molecular weight is 358 g/mol. The highest BCUT2D eigenvalue weighted by molar-refractivity contribution is 5.89. The topological polar surface area (TPSA) is 57.7 Å². The molecule has 1 aliphatic carbocycles. The summed E-state index contributed by atoms with van der Waals surface area (Å²) < 4.78 is 5.38. The molecular formula is C20H30N4O2. The zero-order chi connectivity index (χ0) is 17.8. The molecule has 6 nitrogen and oxygen atoms in total. The second kappa shape index (κ2) is 8.25. The van der Waals surface area contributed by atoms with Crippen molar-refractivity contribution in [3.8, 4) is 0 Å². The third-order valence-electron chi connectivity index (χ3n) is 6.09. The van der Waals surface area contributed by atoms with Crippen LogP contribution in [0.5, 0.6) is 0 Å². The molecule has 26 heavy (non-hydrogen) atoms. The number of nitrogens with zero attached hydrogens (tertiary/aromatic N) is 3. The number of likely N-dealkylation sites (tertiary alicyclic amines) is 1. The summed E-state index contributed by atoms with van der Waals surface area (Å²) in [5.74, 6) is 1.64. The van der Waals surface area contributed by atoms with E-state index in [1.54, 1.807) is 6.20 Å². The molecule has 1 aromatic rings. The van der Waals surface area contributed by atoms with Crippen LogP contribution in [0.15, 0.2) is 18.3 Å². The molecule has 2 saturated heterocycles. The second-order valence-corrected chi connectivity index (χ2v) is 7.74. The number of nitrogens with one attached hydrogen (secondary N) is 1. The second-order valence-electron chi connectivity index (χ2n) is 7.74. The Morgan fingerprint density at radius 2 is 1.85 bits per heavy atom. The van der Waals surface area contributed by atoms with Crippen molar-refractivity contribution in [3.05, 3.63) is 18.3 Å². The van der Waals surface area contributed by atoms with Crippen LogP contribution >= 0.6 is 0 Å². The first-order chi connectivity index (χ1) is 12.8. The SMILES string of the molecule is O=C(Nc1ccc(N2CCOCC2)nc1)N1CCCC1C1CCCCC1. The van der Waals surface area contributed by atoms with Crippen LogP contribution in [0.4, 0.5) is 16.3 Å². The minimum absolute atomic E-state index is 0.0407. The average Bonchev–Trinajstić information content (AvgIpc) is 3.20. The smallest absolute Gasteiger partial charge is 0.322 e. The summed E-state index contributed by atoms with van der Waals surface area (Å²) in [6.07, 6.45) is 10.6. The lowest BCUT2D eigenvalue weighted by atomic mass is 9.83. The van der Waals surface area contributed by atoms with Gasteiger partial charge in [-0.3, -0.25) is 0 Å². The molecule has 2 aliphatic heterocycles. The zero-order valence-electron chi connectivity index (χ0n) is 15.5. The summed E-state index contributed by atoms with van der Waals surface area (Å²) in [5, 5.41) is 3.06. The summed E-state index contributed by atoms with van der Waals surface area (Å²) in [5.41, 5.74) is 0.779. The van der Waals surface area contributed by atoms with Gasteiger partial charge in [-0.2, -0.15) is 0 Å². The van der Waals surface area contributed by atoms with Crippen LogP contribution in [0.1, 0.15) is 44.9 Å². The van der Waals surface area contributed by atoms with E-state index in [9.17, 15) is 4.79 Å². The predicted octanol–water partition coefficient (Wildman–Crippen LogP) is 3.49. The van der Waals surface area contributed by atoms with Crippen molar-refractivity contribution in [2.75, 3.05) is 43.1 Å². The Balaban J connectivity index is 1.36. The molecule has 6 heteroatoms. The first-order valence-electron chi connectivity index (χ1n) is 10.2. The quantitative estimate of drug-likeness (QED) is 0.898. The lowest BCUT2D eigenvalue weighted by molar-refractivity contribution is 0.122. The molecule has 1 atom stereocenters. The van der Waals surface area contributed by atoms with Gasteiger partial charge in [-0.1, -0.05) is 19.3 Å². The molecule has 3 aliphatic rings. The molecule has 4 rings (SSSR count). The van der Waals surface area contributed by atoms with Crippen molar-refractivity contribution < 1.29 is 9.53 Å². The maximum Gasteiger partial charge on any atom is 0.322 e. The summed E-state index contributed by atoms with van der Waals surface area (Å²) >= 11 is 0. The zero-order valence-corrected chi connectivity index (χ0v) is 15.5. The highest BCUT2D eigenvalue weighted by Gasteiger charge is 2.35. The van der Waals surface area contributed by atoms with Gasteiger partial charge in [0, 0.05) is 25.7 Å². The van der Waals surface area contributed by atoms with Crippen LogP contribution in [-0.2, 0) is 4.74 Å². The number of urea groups is 1. The summed E-state index contributed by atoms with van der Waals surface area (Å²) in [6, 6.07) is 4.42. The maximum absolute atomic E-state index is 12.8. The molecule has 0 aromatic carbocycles. The lowest BCUT2D eigenvalue weighted by Crippen LogP contribution is -2.43. The minimum Gasteiger partial charge on any atom is -0.378 e. The largest absolute Gasteiger partial charge is 0.378 e. The molecule has 2 amide bonds. The number of carbonyl (C=O) groups is 1. The number of hydrogen-bond acceptors (Lipinski definition) is 4. The summed E-state index contributed by atoms with van der Waals surface area (Å²) in [6.45, 7) is 4.12. The van der Waals surface area contributed by atoms with E-state index in [1.165, 1.54) is 32.1 Å². The Morgan fingerprint density at radius 3 is 2.58 bits per heavy atom. The maximum atomic E-state index is 12.8. The molecular weight excluding hydrogens is 328 g/mol. The molecule has 1 N–H and O–H groups in total. The van der Waals surface area contributed by atoms with Gasteiger partial charge in [0.05, 0.1) is 25.1 Å². The Bertz CT molecular complexity index is 594. The fourth-order valence-corrected chi connectivity index (χ4v) is 4.69. The van der Waals surface area contributed by atoms with Gasteiger partial charge in [-0.15, -0.1) is 0 Å². The molecule has 3 heterocycles. The molecule has 0 spiro atoms. The number of carbonyl (C=O) groups excluding carboxylic acids is 1. The standard InChI is InChI=1S/C20H30N4O2/c25-20(24-10-4-7-18(24)16-5-2-1-3-6-16)22-17-8-9-19(21-15-17)23-11-13-26-14-12-23/h8-9,15-16,18H,1-7,10-14H2,(H,22,25). The van der Waals surface area contributed by atoms with Crippen molar-refractivity contribution in [1.29, 1.82) is 0 Å². The number of amides is 2. The first-order valence-corrected chi connectivity index (χ1v) is 10.2. The third-order valence-corrected chi connectivity index (χ3v) is 6.09. The van der Waals surface area contributed by atoms with E-state index in [-0.39, 0.29) is 6.03 Å². The van der Waals surface area contributed by atoms with Gasteiger partial charge in [0.25, 0.3) is 0 Å². The van der Waals surface area contributed by atoms with Crippen LogP contribution in [0.2, 0.25) is 0 Å². The molecule has 1 aromatic heterocycles. The number of ether oxygens (including phenoxy) is 1. The van der Waals surface area contributed by atoms with Crippen LogP contribution in [0, 0.1) is 5.92 Å². The molecule has 1 unspecified atom stereocenters. The van der Waals surface area contributed by atoms with Crippen molar-refractivity contribution in [2.45, 2.75) is 51.0 Å². The van der Waals surface area contributed by atoms with E-state index in [0.717, 1.165) is 57.2 Å². The number of rotatable bonds is 3. The van der Waals surface area contributed by atoms with Crippen molar-refractivity contribution in [1.82, 2.24) is 9.88 Å². The van der Waals surface area contributed by atoms with E-state index in [1.807, 2.05) is 12.1 Å². The number of pyridine rings is 1. The fraction of sp³-hybridized carbons (Fsp3) is 0.700. The fourth-order valence-electron chi connectivity index (χ4n) is 4.69. The van der Waals surface area contributed by atoms with Gasteiger partial charge in [0.15, 0.2) is 0 Å². The van der Waals surface area contributed by atoms with Crippen molar-refractivity contribution in [2.24, 2.45) is 5.92 Å². The Labute approximate surface area is 155 Å². The number of aromatic nitrogens is 1. The van der Waals surface area contributed by atoms with Crippen LogP contribution < -0.4 is 10.2 Å². The van der Waals surface area contributed by atoms with Gasteiger partial charge >= 0.3 is 6.03 Å². The predicted molar refractivity (Wildman–Crippen MR) is 103 cm³/mol. The minimum atomic E-state index is 0.0407. The number of hydrogen-bond donors (Lipinski definition) is 1. The normalized spacial score (nSPS) is 24.7. The van der Waals surface area contributed by atoms with Gasteiger partial charge in [-0.25, -0.2) is 9.78 Å². The summed E-state index contributed by atoms with van der Waals surface area (Å²) in [7, 11) is 0. The van der Waals surface area contributed by atoms with Gasteiger partial charge in [-0.05, 0) is 43.7 Å². The number of morpholine rings is 1. The summed E-state index contributed by atoms with van der Waals surface area (Å²) in [4.78, 5) is 21.6. The van der Waals surface area contributed by atoms with Crippen LogP contribution in [0.25, 0.3) is 0 Å². The van der Waals surface area contributed by atoms with Crippen LogP contribution in [0.3, 0.4) is 0 Å². The van der Waals surface area contributed by atoms with E-state index >= 15 is 0 Å². The highest BCUT2D eigenvalue weighted by Crippen LogP contribution is 2.34. The van der Waals surface area contributed by atoms with Crippen molar-refractivity contribution in [3.63, 3.8) is 0 Å². The van der Waals surface area contributed by atoms with Crippen molar-refractivity contribution >= 4 is 17.5 Å². The van der Waals surface area contributed by atoms with Gasteiger partial charge in [0.2, 0.25) is 0 Å². The number of anilines is 2. The van der Waals surface area contributed by atoms with Gasteiger partial charge < -0.3 is 19.9 Å². The first kappa shape index (κ1) is 17.6. The highest BCUT2D eigenvalue weighted by atomic mass is 16.5. The van der Waals surface area contributed by atoms with Crippen LogP contribution in [-0.4, -0.2) is 54.8 Å².